The van der Waals surface area contributed by atoms with Crippen LogP contribution in [0.5, 0.6) is 0 Å². The van der Waals surface area contributed by atoms with Gasteiger partial charge in [-0.25, -0.2) is 0 Å². The highest BCUT2D eigenvalue weighted by Gasteiger charge is 2.32. The van der Waals surface area contributed by atoms with Gasteiger partial charge in [-0.3, -0.25) is 4.79 Å². The summed E-state index contributed by atoms with van der Waals surface area (Å²) in [6.07, 6.45) is 1.71. The van der Waals surface area contributed by atoms with Gasteiger partial charge >= 0.3 is 0 Å². The van der Waals surface area contributed by atoms with Crippen LogP contribution < -0.4 is 5.73 Å². The summed E-state index contributed by atoms with van der Waals surface area (Å²) in [6, 6.07) is 1.41. The molecule has 2 N–H and O–H groups in total. The van der Waals surface area contributed by atoms with Crippen LogP contribution in [0.3, 0.4) is 0 Å². The van der Waals surface area contributed by atoms with Crippen molar-refractivity contribution >= 4 is 23.1 Å². The summed E-state index contributed by atoms with van der Waals surface area (Å²) in [4.78, 5) is 14.2. The highest BCUT2D eigenvalue weighted by Crippen LogP contribution is 2.20. The fraction of sp³-hybridized carbons (Fsp3) is 0.545. The Morgan fingerprint density at radius 1 is 1.78 bits per heavy atom. The number of ether oxygens (including phenoxy) is 1. The molecule has 0 aliphatic carbocycles. The number of carbonyl (C=O) groups excluding carboxylic acids is 1. The number of hydrogen-bond donors (Lipinski definition) is 1. The minimum atomic E-state index is -0.198. The number of nitrogens with zero attached hydrogens (tertiary/aromatic N) is 2. The van der Waals surface area contributed by atoms with Gasteiger partial charge in [0, 0.05) is 19.7 Å². The van der Waals surface area contributed by atoms with E-state index in [0.717, 1.165) is 12.8 Å². The Hall–Kier alpha value is -1.47. The van der Waals surface area contributed by atoms with Crippen molar-refractivity contribution in [2.45, 2.75) is 25.5 Å². The molecule has 1 saturated heterocycles. The highest BCUT2D eigenvalue weighted by molar-refractivity contribution is 7.80. The summed E-state index contributed by atoms with van der Waals surface area (Å²) < 4.78 is 9.90. The van der Waals surface area contributed by atoms with Gasteiger partial charge in [0.25, 0.3) is 5.91 Å². The van der Waals surface area contributed by atoms with E-state index in [-0.39, 0.29) is 17.6 Å². The van der Waals surface area contributed by atoms with Crippen molar-refractivity contribution in [3.63, 3.8) is 0 Å². The predicted molar refractivity (Wildman–Crippen MR) is 68.1 cm³/mol. The fourth-order valence-electron chi connectivity index (χ4n) is 2.08. The molecule has 1 aliphatic heterocycles. The van der Waals surface area contributed by atoms with Crippen LogP contribution >= 0.6 is 12.2 Å². The summed E-state index contributed by atoms with van der Waals surface area (Å²) >= 11 is 4.97. The molecule has 2 heterocycles. The molecule has 0 bridgehead atoms. The van der Waals surface area contributed by atoms with E-state index >= 15 is 0 Å². The summed E-state index contributed by atoms with van der Waals surface area (Å²) in [6.45, 7) is 0.937. The second-order valence-corrected chi connectivity index (χ2v) is 4.64. The van der Waals surface area contributed by atoms with Crippen LogP contribution in [-0.2, 0) is 11.3 Å². The second-order valence-electron chi connectivity index (χ2n) is 4.17. The van der Waals surface area contributed by atoms with Crippen molar-refractivity contribution < 1.29 is 14.1 Å². The summed E-state index contributed by atoms with van der Waals surface area (Å²) in [5, 5.41) is 3.74. The number of likely N-dealkylation sites (tertiary alicyclic amines) is 1. The third-order valence-electron chi connectivity index (χ3n) is 2.91. The Balaban J connectivity index is 2.12. The van der Waals surface area contributed by atoms with Gasteiger partial charge in [-0.05, 0) is 12.8 Å². The van der Waals surface area contributed by atoms with E-state index in [2.05, 4.69) is 5.16 Å². The minimum absolute atomic E-state index is 0.171. The molecule has 0 spiro atoms. The van der Waals surface area contributed by atoms with Crippen molar-refractivity contribution in [1.82, 2.24) is 10.1 Å². The molecular formula is C11H15N3O3S. The van der Waals surface area contributed by atoms with Gasteiger partial charge in [0.2, 0.25) is 0 Å². The molecule has 1 amide bonds. The SMILES string of the molecule is COCc1cc(C(=O)N2CCCC2C(N)=S)no1. The maximum atomic E-state index is 12.2. The molecule has 98 valence electrons. The summed E-state index contributed by atoms with van der Waals surface area (Å²) in [7, 11) is 1.55. The van der Waals surface area contributed by atoms with Crippen LogP contribution in [0.25, 0.3) is 0 Å². The van der Waals surface area contributed by atoms with Gasteiger partial charge in [-0.15, -0.1) is 0 Å². The lowest BCUT2D eigenvalue weighted by molar-refractivity contribution is 0.0759. The van der Waals surface area contributed by atoms with E-state index in [1.165, 1.54) is 0 Å². The first-order valence-corrected chi connectivity index (χ1v) is 6.09. The minimum Gasteiger partial charge on any atom is -0.392 e. The third-order valence-corrected chi connectivity index (χ3v) is 3.18. The largest absolute Gasteiger partial charge is 0.392 e. The van der Waals surface area contributed by atoms with E-state index in [9.17, 15) is 4.79 Å². The molecule has 1 atom stereocenters. The Bertz CT molecular complexity index is 460. The van der Waals surface area contributed by atoms with Crippen LogP contribution in [0.15, 0.2) is 10.6 Å². The molecular weight excluding hydrogens is 254 g/mol. The fourth-order valence-corrected chi connectivity index (χ4v) is 2.32. The van der Waals surface area contributed by atoms with Crippen molar-refractivity contribution in [3.8, 4) is 0 Å². The van der Waals surface area contributed by atoms with Gasteiger partial charge in [0.15, 0.2) is 11.5 Å². The molecule has 1 aromatic rings. The van der Waals surface area contributed by atoms with Gasteiger partial charge in [0.1, 0.15) is 6.61 Å². The Labute approximate surface area is 110 Å². The highest BCUT2D eigenvalue weighted by atomic mass is 32.1. The van der Waals surface area contributed by atoms with Crippen molar-refractivity contribution in [2.75, 3.05) is 13.7 Å². The molecule has 7 heteroatoms. The maximum absolute atomic E-state index is 12.2. The lowest BCUT2D eigenvalue weighted by Gasteiger charge is -2.22. The van der Waals surface area contributed by atoms with Crippen LogP contribution in [0, 0.1) is 0 Å². The van der Waals surface area contributed by atoms with Crippen LogP contribution in [0.2, 0.25) is 0 Å². The number of aromatic nitrogens is 1. The second kappa shape index (κ2) is 5.45. The number of thiocarbonyl (C=S) groups is 1. The average Bonchev–Trinajstić information content (AvgIpc) is 2.96. The van der Waals surface area contributed by atoms with Gasteiger partial charge < -0.3 is 19.9 Å². The first-order valence-electron chi connectivity index (χ1n) is 5.68. The van der Waals surface area contributed by atoms with E-state index in [0.29, 0.717) is 23.9 Å². The molecule has 18 heavy (non-hydrogen) atoms. The summed E-state index contributed by atoms with van der Waals surface area (Å²) in [5.41, 5.74) is 5.90. The topological polar surface area (TPSA) is 81.6 Å². The molecule has 0 saturated carbocycles. The Kier molecular flexibility index (Phi) is 3.93. The lowest BCUT2D eigenvalue weighted by atomic mass is 10.2. The number of carbonyl (C=O) groups is 1. The van der Waals surface area contributed by atoms with E-state index in [1.807, 2.05) is 0 Å². The molecule has 0 radical (unpaired) electrons. The zero-order chi connectivity index (χ0) is 13.1. The first kappa shape index (κ1) is 13.0. The van der Waals surface area contributed by atoms with E-state index in [4.69, 9.17) is 27.2 Å². The number of nitrogens with two attached hydrogens (primary N) is 1. The standard InChI is InChI=1S/C11H15N3O3S/c1-16-6-7-5-8(13-17-7)11(15)14-4-2-3-9(14)10(12)18/h5,9H,2-4,6H2,1H3,(H2,12,18). The third kappa shape index (κ3) is 2.51. The van der Waals surface area contributed by atoms with E-state index < -0.39 is 0 Å². The monoisotopic (exact) mass is 269 g/mol. The van der Waals surface area contributed by atoms with Crippen molar-refractivity contribution in [1.29, 1.82) is 0 Å². The molecule has 1 fully saturated rings. The maximum Gasteiger partial charge on any atom is 0.276 e. The normalized spacial score (nSPS) is 19.2. The van der Waals surface area contributed by atoms with Gasteiger partial charge in [0.05, 0.1) is 11.0 Å². The van der Waals surface area contributed by atoms with Crippen LogP contribution in [0.4, 0.5) is 0 Å². The molecule has 1 unspecified atom stereocenters. The zero-order valence-electron chi connectivity index (χ0n) is 10.1. The molecule has 6 nitrogen and oxygen atoms in total. The van der Waals surface area contributed by atoms with Crippen LogP contribution in [0.1, 0.15) is 29.1 Å². The zero-order valence-corrected chi connectivity index (χ0v) is 10.9. The number of rotatable bonds is 4. The van der Waals surface area contributed by atoms with Gasteiger partial charge in [-0.1, -0.05) is 17.4 Å². The van der Waals surface area contributed by atoms with Crippen molar-refractivity contribution in [2.24, 2.45) is 5.73 Å². The summed E-state index contributed by atoms with van der Waals surface area (Å²) in [5.74, 6) is 0.323. The molecule has 2 rings (SSSR count). The number of methoxy groups -OCH3 is 1. The molecule has 1 aliphatic rings. The average molecular weight is 269 g/mol. The van der Waals surface area contributed by atoms with Crippen LogP contribution in [-0.4, -0.2) is 40.6 Å². The Morgan fingerprint density at radius 3 is 3.22 bits per heavy atom. The van der Waals surface area contributed by atoms with Gasteiger partial charge in [-0.2, -0.15) is 0 Å². The predicted octanol–water partition coefficient (Wildman–Crippen LogP) is 0.712. The van der Waals surface area contributed by atoms with E-state index in [1.54, 1.807) is 18.1 Å². The van der Waals surface area contributed by atoms with Crippen molar-refractivity contribution in [3.05, 3.63) is 17.5 Å². The lowest BCUT2D eigenvalue weighted by Crippen LogP contribution is -2.42. The quantitative estimate of drug-likeness (QED) is 0.811. The smallest absolute Gasteiger partial charge is 0.276 e. The Morgan fingerprint density at radius 2 is 2.56 bits per heavy atom. The number of amides is 1. The first-order chi connectivity index (χ1) is 8.63. The molecule has 0 aromatic carbocycles. The molecule has 1 aromatic heterocycles. The number of hydrogen-bond acceptors (Lipinski definition) is 5.